The Hall–Kier alpha value is -1.79. The smallest absolute Gasteiger partial charge is 0.128 e. The van der Waals surface area contributed by atoms with Crippen LogP contribution in [0.2, 0.25) is 0 Å². The third kappa shape index (κ3) is 2.64. The Balaban J connectivity index is 2.52. The van der Waals surface area contributed by atoms with E-state index in [1.54, 1.807) is 17.9 Å². The van der Waals surface area contributed by atoms with Crippen molar-refractivity contribution in [3.63, 3.8) is 0 Å². The molecule has 0 aliphatic carbocycles. The fourth-order valence-corrected chi connectivity index (χ4v) is 2.15. The molecule has 2 rings (SSSR count). The van der Waals surface area contributed by atoms with Crippen molar-refractivity contribution in [2.75, 3.05) is 0 Å². The Morgan fingerprint density at radius 1 is 1.37 bits per heavy atom. The van der Waals surface area contributed by atoms with E-state index in [1.165, 1.54) is 0 Å². The zero-order chi connectivity index (χ0) is 14.0. The summed E-state index contributed by atoms with van der Waals surface area (Å²) in [6, 6.07) is 2.69. The summed E-state index contributed by atoms with van der Waals surface area (Å²) in [5.41, 5.74) is 4.25. The minimum atomic E-state index is -0.626. The summed E-state index contributed by atoms with van der Waals surface area (Å²) < 4.78 is 28.8. The van der Waals surface area contributed by atoms with Crippen molar-refractivity contribution in [3.8, 4) is 0 Å². The van der Waals surface area contributed by atoms with Gasteiger partial charge >= 0.3 is 0 Å². The number of rotatable bonds is 4. The second-order valence-corrected chi connectivity index (χ2v) is 4.32. The van der Waals surface area contributed by atoms with Gasteiger partial charge in [-0.15, -0.1) is 0 Å². The van der Waals surface area contributed by atoms with E-state index in [2.05, 4.69) is 10.5 Å². The summed E-state index contributed by atoms with van der Waals surface area (Å²) in [7, 11) is 1.78. The van der Waals surface area contributed by atoms with Crippen LogP contribution in [0.3, 0.4) is 0 Å². The van der Waals surface area contributed by atoms with Gasteiger partial charge in [-0.05, 0) is 24.6 Å². The Morgan fingerprint density at radius 3 is 2.74 bits per heavy atom. The summed E-state index contributed by atoms with van der Waals surface area (Å²) in [4.78, 5) is 0. The number of halogens is 2. The lowest BCUT2D eigenvalue weighted by molar-refractivity contribution is 0.544. The summed E-state index contributed by atoms with van der Waals surface area (Å²) in [5.74, 6) is 4.51. The van der Waals surface area contributed by atoms with Crippen molar-refractivity contribution in [2.45, 2.75) is 19.4 Å². The zero-order valence-corrected chi connectivity index (χ0v) is 10.8. The van der Waals surface area contributed by atoms with Gasteiger partial charge in [0.25, 0.3) is 0 Å². The minimum absolute atomic E-state index is 0.171. The zero-order valence-electron chi connectivity index (χ0n) is 10.8. The molecule has 1 aromatic carbocycles. The average molecular weight is 266 g/mol. The van der Waals surface area contributed by atoms with E-state index in [-0.39, 0.29) is 5.56 Å². The first kappa shape index (κ1) is 13.6. The lowest BCUT2D eigenvalue weighted by atomic mass is 9.98. The molecule has 1 aromatic heterocycles. The van der Waals surface area contributed by atoms with Crippen molar-refractivity contribution in [2.24, 2.45) is 12.9 Å². The minimum Gasteiger partial charge on any atom is -0.275 e. The second kappa shape index (κ2) is 5.46. The van der Waals surface area contributed by atoms with Crippen LogP contribution in [0.4, 0.5) is 8.78 Å². The third-order valence-corrected chi connectivity index (χ3v) is 3.02. The van der Waals surface area contributed by atoms with E-state index >= 15 is 0 Å². The SMILES string of the molecule is CCc1nn(C)cc1C(NN)c1cc(F)ccc1F. The van der Waals surface area contributed by atoms with Crippen LogP contribution in [0.5, 0.6) is 0 Å². The normalized spacial score (nSPS) is 12.7. The molecule has 1 heterocycles. The molecule has 0 amide bonds. The van der Waals surface area contributed by atoms with Crippen LogP contribution in [-0.4, -0.2) is 9.78 Å². The number of benzene rings is 1. The molecule has 0 saturated heterocycles. The maximum Gasteiger partial charge on any atom is 0.128 e. The second-order valence-electron chi connectivity index (χ2n) is 4.32. The lowest BCUT2D eigenvalue weighted by Crippen LogP contribution is -2.30. The van der Waals surface area contributed by atoms with E-state index in [0.29, 0.717) is 6.42 Å². The maximum absolute atomic E-state index is 13.8. The van der Waals surface area contributed by atoms with Crippen LogP contribution >= 0.6 is 0 Å². The van der Waals surface area contributed by atoms with E-state index in [1.807, 2.05) is 6.92 Å². The summed E-state index contributed by atoms with van der Waals surface area (Å²) in [6.07, 6.45) is 2.44. The van der Waals surface area contributed by atoms with Crippen LogP contribution in [0.25, 0.3) is 0 Å². The molecule has 0 spiro atoms. The largest absolute Gasteiger partial charge is 0.275 e. The van der Waals surface area contributed by atoms with E-state index in [0.717, 1.165) is 29.5 Å². The molecule has 0 aliphatic heterocycles. The van der Waals surface area contributed by atoms with Crippen LogP contribution in [0.1, 0.15) is 29.8 Å². The highest BCUT2D eigenvalue weighted by Gasteiger charge is 2.22. The van der Waals surface area contributed by atoms with Gasteiger partial charge in [-0.1, -0.05) is 6.92 Å². The molecule has 1 atom stereocenters. The number of aromatic nitrogens is 2. The molecule has 0 radical (unpaired) electrons. The summed E-state index contributed by atoms with van der Waals surface area (Å²) in [5, 5.41) is 4.28. The van der Waals surface area contributed by atoms with Gasteiger partial charge < -0.3 is 0 Å². The number of hydrazine groups is 1. The number of hydrogen-bond acceptors (Lipinski definition) is 3. The average Bonchev–Trinajstić information content (AvgIpc) is 2.76. The molecule has 0 aliphatic rings. The molecule has 1 unspecified atom stereocenters. The van der Waals surface area contributed by atoms with Crippen LogP contribution in [0.15, 0.2) is 24.4 Å². The van der Waals surface area contributed by atoms with Crippen LogP contribution in [-0.2, 0) is 13.5 Å². The van der Waals surface area contributed by atoms with E-state index in [9.17, 15) is 8.78 Å². The molecular weight excluding hydrogens is 250 g/mol. The first-order valence-electron chi connectivity index (χ1n) is 6.00. The number of nitrogens with zero attached hydrogens (tertiary/aromatic N) is 2. The fraction of sp³-hybridized carbons (Fsp3) is 0.308. The quantitative estimate of drug-likeness (QED) is 0.655. The topological polar surface area (TPSA) is 55.9 Å². The monoisotopic (exact) mass is 266 g/mol. The highest BCUT2D eigenvalue weighted by atomic mass is 19.1. The van der Waals surface area contributed by atoms with Gasteiger partial charge in [0.15, 0.2) is 0 Å². The van der Waals surface area contributed by atoms with Gasteiger partial charge in [0.1, 0.15) is 11.6 Å². The van der Waals surface area contributed by atoms with Crippen molar-refractivity contribution < 1.29 is 8.78 Å². The Kier molecular flexibility index (Phi) is 3.92. The summed E-state index contributed by atoms with van der Waals surface area (Å²) in [6.45, 7) is 1.95. The van der Waals surface area contributed by atoms with Crippen molar-refractivity contribution in [1.29, 1.82) is 0 Å². The molecule has 0 fully saturated rings. The van der Waals surface area contributed by atoms with Gasteiger partial charge in [-0.3, -0.25) is 10.5 Å². The standard InChI is InChI=1S/C13H16F2N4/c1-3-12-10(7-19(2)18-12)13(17-16)9-6-8(14)4-5-11(9)15/h4-7,13,17H,3,16H2,1-2H3. The molecular formula is C13H16F2N4. The molecule has 102 valence electrons. The lowest BCUT2D eigenvalue weighted by Gasteiger charge is -2.17. The van der Waals surface area contributed by atoms with Gasteiger partial charge in [0, 0.05) is 24.4 Å². The molecule has 0 bridgehead atoms. The molecule has 6 heteroatoms. The molecule has 0 saturated carbocycles. The first-order chi connectivity index (χ1) is 9.06. The predicted molar refractivity (Wildman–Crippen MR) is 68.1 cm³/mol. The Morgan fingerprint density at radius 2 is 2.11 bits per heavy atom. The highest BCUT2D eigenvalue weighted by molar-refractivity contribution is 5.34. The number of nitrogens with two attached hydrogens (primary N) is 1. The van der Waals surface area contributed by atoms with Gasteiger partial charge in [-0.2, -0.15) is 5.10 Å². The Labute approximate surface area is 110 Å². The molecule has 3 N–H and O–H groups in total. The third-order valence-electron chi connectivity index (χ3n) is 3.02. The maximum atomic E-state index is 13.8. The molecule has 4 nitrogen and oxygen atoms in total. The van der Waals surface area contributed by atoms with Gasteiger partial charge in [0.2, 0.25) is 0 Å². The van der Waals surface area contributed by atoms with Crippen LogP contribution in [0, 0.1) is 11.6 Å². The van der Waals surface area contributed by atoms with Crippen molar-refractivity contribution >= 4 is 0 Å². The Bertz CT molecular complexity index is 580. The van der Waals surface area contributed by atoms with E-state index in [4.69, 9.17) is 5.84 Å². The number of hydrogen-bond donors (Lipinski definition) is 2. The van der Waals surface area contributed by atoms with Crippen LogP contribution < -0.4 is 11.3 Å². The molecule has 19 heavy (non-hydrogen) atoms. The first-order valence-corrected chi connectivity index (χ1v) is 6.00. The highest BCUT2D eigenvalue weighted by Crippen LogP contribution is 2.26. The number of nitrogens with one attached hydrogen (secondary N) is 1. The van der Waals surface area contributed by atoms with Gasteiger partial charge in [0.05, 0.1) is 11.7 Å². The van der Waals surface area contributed by atoms with Crippen molar-refractivity contribution in [1.82, 2.24) is 15.2 Å². The summed E-state index contributed by atoms with van der Waals surface area (Å²) >= 11 is 0. The van der Waals surface area contributed by atoms with Crippen molar-refractivity contribution in [3.05, 3.63) is 52.9 Å². The molecule has 2 aromatic rings. The fourth-order valence-electron chi connectivity index (χ4n) is 2.15. The van der Waals surface area contributed by atoms with E-state index < -0.39 is 17.7 Å². The number of aryl methyl sites for hydroxylation is 2. The predicted octanol–water partition coefficient (Wildman–Crippen LogP) is 1.81. The van der Waals surface area contributed by atoms with Gasteiger partial charge in [-0.25, -0.2) is 14.2 Å².